The fourth-order valence-electron chi connectivity index (χ4n) is 3.55. The second-order valence-corrected chi connectivity index (χ2v) is 7.21. The Morgan fingerprint density at radius 2 is 1.90 bits per heavy atom. The summed E-state index contributed by atoms with van der Waals surface area (Å²) in [6, 6.07) is 17.7. The monoisotopic (exact) mass is 404 g/mol. The number of rotatable bonds is 6. The van der Waals surface area contributed by atoms with Gasteiger partial charge in [0.05, 0.1) is 36.4 Å². The summed E-state index contributed by atoms with van der Waals surface area (Å²) in [4.78, 5) is 18.3. The highest BCUT2D eigenvalue weighted by Crippen LogP contribution is 2.26. The van der Waals surface area contributed by atoms with Gasteiger partial charge in [-0.25, -0.2) is 0 Å². The number of nitrogens with one attached hydrogen (secondary N) is 1. The maximum Gasteiger partial charge on any atom is 0.268 e. The minimum atomic E-state index is -0.693. The van der Waals surface area contributed by atoms with Crippen LogP contribution in [0, 0.1) is 13.8 Å². The van der Waals surface area contributed by atoms with Crippen molar-refractivity contribution in [2.24, 2.45) is 5.16 Å². The van der Waals surface area contributed by atoms with Crippen LogP contribution in [-0.2, 0) is 16.2 Å². The Morgan fingerprint density at radius 3 is 2.67 bits per heavy atom. The minimum Gasteiger partial charge on any atom is -0.496 e. The molecule has 7 nitrogen and oxygen atoms in total. The lowest BCUT2D eigenvalue weighted by Crippen LogP contribution is -2.28. The van der Waals surface area contributed by atoms with E-state index in [1.54, 1.807) is 7.11 Å². The molecule has 30 heavy (non-hydrogen) atoms. The molecule has 2 heterocycles. The van der Waals surface area contributed by atoms with Crippen molar-refractivity contribution in [3.8, 4) is 5.75 Å². The molecule has 0 saturated heterocycles. The number of methoxy groups -OCH3 is 1. The number of oxime groups is 1. The highest BCUT2D eigenvalue weighted by Gasteiger charge is 2.31. The summed E-state index contributed by atoms with van der Waals surface area (Å²) < 4.78 is 7.28. The zero-order valence-electron chi connectivity index (χ0n) is 17.3. The van der Waals surface area contributed by atoms with E-state index in [0.29, 0.717) is 30.1 Å². The molecular weight excluding hydrogens is 380 g/mol. The molecule has 1 atom stereocenters. The van der Waals surface area contributed by atoms with Gasteiger partial charge in [-0.3, -0.25) is 9.48 Å². The first-order valence-electron chi connectivity index (χ1n) is 9.81. The van der Waals surface area contributed by atoms with Gasteiger partial charge in [0.15, 0.2) is 0 Å². The smallest absolute Gasteiger partial charge is 0.268 e. The zero-order valence-corrected chi connectivity index (χ0v) is 17.3. The van der Waals surface area contributed by atoms with Crippen molar-refractivity contribution in [3.63, 3.8) is 0 Å². The average molecular weight is 404 g/mol. The van der Waals surface area contributed by atoms with E-state index in [0.717, 1.165) is 22.5 Å². The summed E-state index contributed by atoms with van der Waals surface area (Å²) in [6.45, 7) is 4.48. The highest BCUT2D eigenvalue weighted by molar-refractivity contribution is 6.07. The number of nitrogens with zero attached hydrogens (tertiary/aromatic N) is 3. The van der Waals surface area contributed by atoms with Crippen molar-refractivity contribution < 1.29 is 14.4 Å². The van der Waals surface area contributed by atoms with Crippen LogP contribution in [-0.4, -0.2) is 34.6 Å². The molecule has 4 rings (SSSR count). The number of amides is 1. The van der Waals surface area contributed by atoms with Crippen LogP contribution >= 0.6 is 0 Å². The summed E-state index contributed by atoms with van der Waals surface area (Å²) in [7, 11) is 1.61. The Balaban J connectivity index is 1.45. The Hall–Kier alpha value is -3.61. The maximum atomic E-state index is 12.8. The Kier molecular flexibility index (Phi) is 5.52. The number of hydrogen-bond acceptors (Lipinski definition) is 5. The van der Waals surface area contributed by atoms with Crippen LogP contribution in [0.5, 0.6) is 5.75 Å². The molecule has 1 aliphatic heterocycles. The van der Waals surface area contributed by atoms with Gasteiger partial charge in [-0.15, -0.1) is 0 Å². The Bertz CT molecular complexity index is 1090. The number of benzene rings is 2. The first kappa shape index (κ1) is 19.7. The van der Waals surface area contributed by atoms with Gasteiger partial charge in [0.2, 0.25) is 6.10 Å². The number of anilines is 1. The molecule has 1 aliphatic rings. The molecule has 0 bridgehead atoms. The Morgan fingerprint density at radius 1 is 1.17 bits per heavy atom. The van der Waals surface area contributed by atoms with Gasteiger partial charge in [0, 0.05) is 12.0 Å². The van der Waals surface area contributed by atoms with Crippen LogP contribution in [0.4, 0.5) is 5.69 Å². The second-order valence-electron chi connectivity index (χ2n) is 7.21. The fraction of sp³-hybridized carbons (Fsp3) is 0.261. The van der Waals surface area contributed by atoms with Crippen LogP contribution in [0.3, 0.4) is 0 Å². The lowest BCUT2D eigenvalue weighted by Gasteiger charge is -2.11. The van der Waals surface area contributed by atoms with Gasteiger partial charge in [0.1, 0.15) is 5.75 Å². The molecule has 0 radical (unpaired) electrons. The molecule has 2 aromatic carbocycles. The van der Waals surface area contributed by atoms with Gasteiger partial charge < -0.3 is 14.9 Å². The second kappa shape index (κ2) is 8.41. The van der Waals surface area contributed by atoms with Crippen molar-refractivity contribution in [1.82, 2.24) is 9.78 Å². The van der Waals surface area contributed by atoms with Gasteiger partial charge in [-0.2, -0.15) is 5.10 Å². The molecular formula is C23H24N4O3. The SMILES string of the molecule is COc1ccccc1C1=NO[C@H](C(=O)Nc2c(C)nn(Cc3ccccc3)c2C)C1. The third-order valence-electron chi connectivity index (χ3n) is 5.18. The maximum absolute atomic E-state index is 12.8. The van der Waals surface area contributed by atoms with Crippen molar-refractivity contribution in [3.05, 3.63) is 77.1 Å². The van der Waals surface area contributed by atoms with E-state index in [4.69, 9.17) is 9.57 Å². The summed E-state index contributed by atoms with van der Waals surface area (Å²) >= 11 is 0. The standard InChI is InChI=1S/C23H24N4O3/c1-15-22(16(2)27(25-15)14-17-9-5-4-6-10-17)24-23(28)21-13-19(26-30-21)18-11-7-8-12-20(18)29-3/h4-12,21H,13-14H2,1-3H3,(H,24,28)/t21-/m0/s1. The molecule has 7 heteroatoms. The first-order chi connectivity index (χ1) is 14.6. The molecule has 0 saturated carbocycles. The predicted octanol–water partition coefficient (Wildman–Crippen LogP) is 3.69. The minimum absolute atomic E-state index is 0.242. The van der Waals surface area contributed by atoms with E-state index in [1.807, 2.05) is 61.0 Å². The van der Waals surface area contributed by atoms with E-state index in [1.165, 1.54) is 0 Å². The number of hydrogen-bond donors (Lipinski definition) is 1. The van der Waals surface area contributed by atoms with Crippen molar-refractivity contribution in [2.45, 2.75) is 32.9 Å². The largest absolute Gasteiger partial charge is 0.496 e. The molecule has 1 amide bonds. The van der Waals surface area contributed by atoms with Crippen LogP contribution in [0.1, 0.15) is 28.9 Å². The topological polar surface area (TPSA) is 77.7 Å². The van der Waals surface area contributed by atoms with E-state index < -0.39 is 6.10 Å². The zero-order chi connectivity index (χ0) is 21.1. The summed E-state index contributed by atoms with van der Waals surface area (Å²) in [5.41, 5.74) is 5.05. The van der Waals surface area contributed by atoms with Crippen LogP contribution < -0.4 is 10.1 Å². The van der Waals surface area contributed by atoms with Crippen LogP contribution in [0.25, 0.3) is 0 Å². The van der Waals surface area contributed by atoms with Gasteiger partial charge >= 0.3 is 0 Å². The number of carbonyl (C=O) groups excluding carboxylic acids is 1. The summed E-state index contributed by atoms with van der Waals surface area (Å²) in [5, 5.41) is 11.7. The average Bonchev–Trinajstić information content (AvgIpc) is 3.36. The first-order valence-corrected chi connectivity index (χ1v) is 9.81. The predicted molar refractivity (Wildman–Crippen MR) is 115 cm³/mol. The van der Waals surface area contributed by atoms with Crippen molar-refractivity contribution in [2.75, 3.05) is 12.4 Å². The van der Waals surface area contributed by atoms with Crippen molar-refractivity contribution >= 4 is 17.3 Å². The fourth-order valence-corrected chi connectivity index (χ4v) is 3.55. The van der Waals surface area contributed by atoms with Crippen LogP contribution in [0.2, 0.25) is 0 Å². The third-order valence-corrected chi connectivity index (χ3v) is 5.18. The molecule has 0 fully saturated rings. The molecule has 3 aromatic rings. The molecule has 0 spiro atoms. The lowest BCUT2D eigenvalue weighted by molar-refractivity contribution is -0.125. The third kappa shape index (κ3) is 3.91. The summed E-state index contributed by atoms with van der Waals surface area (Å²) in [6.07, 6.45) is -0.316. The molecule has 0 unspecified atom stereocenters. The molecule has 1 N–H and O–H groups in total. The quantitative estimate of drug-likeness (QED) is 0.680. The number of carbonyl (C=O) groups is 1. The number of aryl methyl sites for hydroxylation is 1. The van der Waals surface area contributed by atoms with E-state index >= 15 is 0 Å². The van der Waals surface area contributed by atoms with Crippen LogP contribution in [0.15, 0.2) is 59.8 Å². The van der Waals surface area contributed by atoms with E-state index in [-0.39, 0.29) is 5.91 Å². The van der Waals surface area contributed by atoms with Gasteiger partial charge in [-0.05, 0) is 31.5 Å². The number of aromatic nitrogens is 2. The number of para-hydroxylation sites is 1. The summed E-state index contributed by atoms with van der Waals surface area (Å²) in [5.74, 6) is 0.462. The van der Waals surface area contributed by atoms with Gasteiger partial charge in [0.25, 0.3) is 5.91 Å². The Labute approximate surface area is 175 Å². The van der Waals surface area contributed by atoms with Crippen molar-refractivity contribution in [1.29, 1.82) is 0 Å². The normalized spacial score (nSPS) is 15.4. The van der Waals surface area contributed by atoms with Gasteiger partial charge in [-0.1, -0.05) is 47.6 Å². The number of ether oxygens (including phenoxy) is 1. The lowest BCUT2D eigenvalue weighted by atomic mass is 10.0. The molecule has 154 valence electrons. The van der Waals surface area contributed by atoms with E-state index in [2.05, 4.69) is 27.7 Å². The highest BCUT2D eigenvalue weighted by atomic mass is 16.6. The molecule has 1 aromatic heterocycles. The molecule has 0 aliphatic carbocycles. The van der Waals surface area contributed by atoms with E-state index in [9.17, 15) is 4.79 Å².